The van der Waals surface area contributed by atoms with Crippen molar-refractivity contribution in [3.8, 4) is 0 Å². The molecule has 0 saturated heterocycles. The third kappa shape index (κ3) is 4.07. The van der Waals surface area contributed by atoms with Crippen molar-refractivity contribution in [3.05, 3.63) is 41.7 Å². The zero-order chi connectivity index (χ0) is 16.4. The van der Waals surface area contributed by atoms with E-state index in [1.54, 1.807) is 6.07 Å². The minimum atomic E-state index is -3.57. The zero-order valence-corrected chi connectivity index (χ0v) is 15.8. The molecule has 3 aromatic rings. The Balaban J connectivity index is 0.00000208. The summed E-state index contributed by atoms with van der Waals surface area (Å²) >= 11 is 1.10. The van der Waals surface area contributed by atoms with Gasteiger partial charge in [0.1, 0.15) is 0 Å². The molecular weight excluding hydrogens is 368 g/mol. The van der Waals surface area contributed by atoms with Crippen molar-refractivity contribution in [2.45, 2.75) is 10.6 Å². The van der Waals surface area contributed by atoms with Crippen molar-refractivity contribution in [1.82, 2.24) is 14.9 Å². The van der Waals surface area contributed by atoms with Crippen LogP contribution in [-0.4, -0.2) is 43.9 Å². The maximum Gasteiger partial charge on any atom is 0.273 e. The number of H-pyrrole nitrogens is 1. The molecule has 1 aromatic carbocycles. The molecule has 24 heavy (non-hydrogen) atoms. The molecule has 2 aromatic heterocycles. The van der Waals surface area contributed by atoms with Gasteiger partial charge in [0.05, 0.1) is 11.7 Å². The van der Waals surface area contributed by atoms with E-state index in [0.717, 1.165) is 35.2 Å². The molecule has 0 radical (unpaired) electrons. The number of thiazole rings is 1. The standard InChI is InChI=1S/C15H18N4O2S2.ClH/c1-19(2)6-5-11-8-17-14-4-3-12(7-13(11)14)18-23(20,21)15-9-16-10-22-15;/h3-4,7-10,17-18H,5-6H2,1-2H3;1H. The molecule has 0 aliphatic rings. The summed E-state index contributed by atoms with van der Waals surface area (Å²) in [6.07, 6.45) is 4.23. The molecule has 3 rings (SSSR count). The number of benzene rings is 1. The van der Waals surface area contributed by atoms with Gasteiger partial charge in [0.2, 0.25) is 0 Å². The van der Waals surface area contributed by atoms with Crippen LogP contribution < -0.4 is 4.72 Å². The number of fused-ring (bicyclic) bond motifs is 1. The SMILES string of the molecule is CN(C)CCc1c[nH]c2ccc(NS(=O)(=O)c3cncs3)cc12.Cl. The van der Waals surface area contributed by atoms with Crippen molar-refractivity contribution in [2.75, 3.05) is 25.4 Å². The summed E-state index contributed by atoms with van der Waals surface area (Å²) < 4.78 is 27.4. The summed E-state index contributed by atoms with van der Waals surface area (Å²) in [6.45, 7) is 0.934. The first-order valence-corrected chi connectivity index (χ1v) is 9.48. The number of anilines is 1. The Kier molecular flexibility index (Phi) is 5.87. The molecule has 0 spiro atoms. The van der Waals surface area contributed by atoms with Gasteiger partial charge >= 0.3 is 0 Å². The van der Waals surface area contributed by atoms with Crippen LogP contribution in [0.4, 0.5) is 5.69 Å². The second-order valence-electron chi connectivity index (χ2n) is 5.55. The first-order valence-electron chi connectivity index (χ1n) is 7.12. The predicted molar refractivity (Wildman–Crippen MR) is 101 cm³/mol. The Hall–Kier alpha value is -1.61. The Morgan fingerprint density at radius 2 is 2.12 bits per heavy atom. The Morgan fingerprint density at radius 3 is 2.79 bits per heavy atom. The van der Waals surface area contributed by atoms with E-state index in [1.165, 1.54) is 17.3 Å². The van der Waals surface area contributed by atoms with Gasteiger partial charge in [-0.1, -0.05) is 0 Å². The summed E-state index contributed by atoms with van der Waals surface area (Å²) in [5, 5.41) is 1.04. The van der Waals surface area contributed by atoms with Crippen LogP contribution in [0.3, 0.4) is 0 Å². The summed E-state index contributed by atoms with van der Waals surface area (Å²) in [7, 11) is 0.490. The topological polar surface area (TPSA) is 78.1 Å². The van der Waals surface area contributed by atoms with Crippen LogP contribution in [-0.2, 0) is 16.4 Å². The number of hydrogen-bond acceptors (Lipinski definition) is 5. The molecule has 130 valence electrons. The van der Waals surface area contributed by atoms with Crippen molar-refractivity contribution in [1.29, 1.82) is 0 Å². The second kappa shape index (κ2) is 7.52. The number of likely N-dealkylation sites (N-methyl/N-ethyl adjacent to an activating group) is 1. The van der Waals surface area contributed by atoms with E-state index in [2.05, 4.69) is 19.6 Å². The highest BCUT2D eigenvalue weighted by Crippen LogP contribution is 2.25. The number of aromatic nitrogens is 2. The highest BCUT2D eigenvalue weighted by atomic mass is 35.5. The van der Waals surface area contributed by atoms with Crippen LogP contribution in [0.15, 0.2) is 40.3 Å². The Labute approximate surface area is 151 Å². The van der Waals surface area contributed by atoms with Crippen LogP contribution in [0.2, 0.25) is 0 Å². The fraction of sp³-hybridized carbons (Fsp3) is 0.267. The maximum absolute atomic E-state index is 12.3. The minimum absolute atomic E-state index is 0. The van der Waals surface area contributed by atoms with E-state index in [9.17, 15) is 8.42 Å². The fourth-order valence-electron chi connectivity index (χ4n) is 2.34. The molecule has 0 saturated carbocycles. The van der Waals surface area contributed by atoms with Gasteiger partial charge in [-0.15, -0.1) is 23.7 Å². The number of aromatic amines is 1. The molecule has 6 nitrogen and oxygen atoms in total. The Morgan fingerprint density at radius 1 is 1.33 bits per heavy atom. The third-order valence-corrected chi connectivity index (χ3v) is 6.17. The minimum Gasteiger partial charge on any atom is -0.361 e. The lowest BCUT2D eigenvalue weighted by Crippen LogP contribution is -2.14. The van der Waals surface area contributed by atoms with E-state index in [1.807, 2.05) is 32.4 Å². The first-order chi connectivity index (χ1) is 11.0. The Bertz CT molecular complexity index is 905. The number of hydrogen-bond donors (Lipinski definition) is 2. The molecule has 0 atom stereocenters. The molecule has 0 aliphatic heterocycles. The second-order valence-corrected chi connectivity index (χ2v) is 8.35. The monoisotopic (exact) mass is 386 g/mol. The number of halogens is 1. The van der Waals surface area contributed by atoms with Gasteiger partial charge in [0.15, 0.2) is 4.21 Å². The highest BCUT2D eigenvalue weighted by Gasteiger charge is 2.16. The van der Waals surface area contributed by atoms with Crippen LogP contribution in [0.25, 0.3) is 10.9 Å². The zero-order valence-electron chi connectivity index (χ0n) is 13.3. The molecule has 0 aliphatic carbocycles. The van der Waals surface area contributed by atoms with Gasteiger partial charge < -0.3 is 9.88 Å². The van der Waals surface area contributed by atoms with Crippen LogP contribution in [0, 0.1) is 0 Å². The average molecular weight is 387 g/mol. The quantitative estimate of drug-likeness (QED) is 0.682. The number of sulfonamides is 1. The number of rotatable bonds is 6. The van der Waals surface area contributed by atoms with Crippen molar-refractivity contribution in [3.63, 3.8) is 0 Å². The predicted octanol–water partition coefficient (Wildman–Crippen LogP) is 2.95. The third-order valence-electron chi connectivity index (χ3n) is 3.52. The summed E-state index contributed by atoms with van der Waals surface area (Å²) in [4.78, 5) is 9.16. The molecule has 0 unspecified atom stereocenters. The van der Waals surface area contributed by atoms with Gasteiger partial charge in [-0.25, -0.2) is 8.42 Å². The van der Waals surface area contributed by atoms with Crippen molar-refractivity contribution >= 4 is 50.4 Å². The molecule has 0 bridgehead atoms. The lowest BCUT2D eigenvalue weighted by molar-refractivity contribution is 0.414. The normalized spacial score (nSPS) is 11.6. The van der Waals surface area contributed by atoms with Gasteiger partial charge in [-0.3, -0.25) is 9.71 Å². The molecular formula is C15H19ClN4O2S2. The van der Waals surface area contributed by atoms with E-state index >= 15 is 0 Å². The van der Waals surface area contributed by atoms with E-state index in [4.69, 9.17) is 0 Å². The van der Waals surface area contributed by atoms with Gasteiger partial charge in [0.25, 0.3) is 10.0 Å². The van der Waals surface area contributed by atoms with Crippen LogP contribution >= 0.6 is 23.7 Å². The van der Waals surface area contributed by atoms with Gasteiger partial charge in [-0.2, -0.15) is 0 Å². The molecule has 9 heteroatoms. The van der Waals surface area contributed by atoms with Gasteiger partial charge in [0, 0.05) is 29.3 Å². The lowest BCUT2D eigenvalue weighted by Gasteiger charge is -2.09. The van der Waals surface area contributed by atoms with E-state index < -0.39 is 10.0 Å². The first kappa shape index (κ1) is 18.7. The van der Waals surface area contributed by atoms with E-state index in [-0.39, 0.29) is 16.6 Å². The van der Waals surface area contributed by atoms with Crippen molar-refractivity contribution in [2.24, 2.45) is 0 Å². The maximum atomic E-state index is 12.3. The summed E-state index contributed by atoms with van der Waals surface area (Å²) in [5.74, 6) is 0. The smallest absolute Gasteiger partial charge is 0.273 e. The molecule has 0 fully saturated rings. The average Bonchev–Trinajstić information content (AvgIpc) is 3.14. The van der Waals surface area contributed by atoms with Gasteiger partial charge in [-0.05, 0) is 44.3 Å². The molecule has 2 N–H and O–H groups in total. The largest absolute Gasteiger partial charge is 0.361 e. The summed E-state index contributed by atoms with van der Waals surface area (Å²) in [6, 6.07) is 5.52. The lowest BCUT2D eigenvalue weighted by atomic mass is 10.1. The van der Waals surface area contributed by atoms with Crippen LogP contribution in [0.1, 0.15) is 5.56 Å². The van der Waals surface area contributed by atoms with E-state index in [0.29, 0.717) is 5.69 Å². The summed E-state index contributed by atoms with van der Waals surface area (Å²) in [5.41, 5.74) is 4.23. The van der Waals surface area contributed by atoms with Crippen molar-refractivity contribution < 1.29 is 8.42 Å². The molecule has 0 amide bonds. The molecule has 2 heterocycles. The van der Waals surface area contributed by atoms with Crippen LogP contribution in [0.5, 0.6) is 0 Å². The number of nitrogens with zero attached hydrogens (tertiary/aromatic N) is 2. The highest BCUT2D eigenvalue weighted by molar-refractivity contribution is 7.94. The number of nitrogens with one attached hydrogen (secondary N) is 2. The fourth-order valence-corrected chi connectivity index (χ4v) is 4.18.